The molecule has 0 spiro atoms. The van der Waals surface area contributed by atoms with Gasteiger partial charge in [-0.1, -0.05) is 17.7 Å². The summed E-state index contributed by atoms with van der Waals surface area (Å²) < 4.78 is 5.82. The van der Waals surface area contributed by atoms with Crippen molar-refractivity contribution >= 4 is 0 Å². The van der Waals surface area contributed by atoms with Gasteiger partial charge in [-0.3, -0.25) is 0 Å². The van der Waals surface area contributed by atoms with Crippen LogP contribution in [-0.4, -0.2) is 6.10 Å². The highest BCUT2D eigenvalue weighted by Crippen LogP contribution is 2.31. The summed E-state index contributed by atoms with van der Waals surface area (Å²) in [6.07, 6.45) is 2.70. The third-order valence-electron chi connectivity index (χ3n) is 2.64. The Hall–Kier alpha value is -0.980. The number of hydrogen-bond donors (Lipinski definition) is 0. The van der Waals surface area contributed by atoms with Gasteiger partial charge in [0.25, 0.3) is 0 Å². The van der Waals surface area contributed by atoms with Crippen LogP contribution in [0.15, 0.2) is 12.1 Å². The second-order valence-electron chi connectivity index (χ2n) is 4.04. The van der Waals surface area contributed by atoms with Crippen LogP contribution in [0.3, 0.4) is 0 Å². The molecule has 70 valence electrons. The zero-order valence-electron chi connectivity index (χ0n) is 8.55. The van der Waals surface area contributed by atoms with Crippen molar-refractivity contribution < 1.29 is 4.74 Å². The highest BCUT2D eigenvalue weighted by Gasteiger charge is 2.17. The maximum atomic E-state index is 5.82. The number of aryl methyl sites for hydroxylation is 3. The van der Waals surface area contributed by atoms with Crippen molar-refractivity contribution in [2.45, 2.75) is 39.7 Å². The van der Waals surface area contributed by atoms with Crippen LogP contribution in [0.2, 0.25) is 0 Å². The highest BCUT2D eigenvalue weighted by atomic mass is 16.5. The van der Waals surface area contributed by atoms with Crippen molar-refractivity contribution in [3.63, 3.8) is 0 Å². The molecule has 1 nitrogen and oxygen atoms in total. The number of rotatable bonds is 0. The first-order valence-corrected chi connectivity index (χ1v) is 4.93. The van der Waals surface area contributed by atoms with E-state index in [4.69, 9.17) is 4.74 Å². The highest BCUT2D eigenvalue weighted by molar-refractivity contribution is 5.45. The number of benzene rings is 1. The quantitative estimate of drug-likeness (QED) is 0.590. The van der Waals surface area contributed by atoms with Crippen LogP contribution in [0.4, 0.5) is 0 Å². The van der Waals surface area contributed by atoms with E-state index < -0.39 is 0 Å². The van der Waals surface area contributed by atoms with Gasteiger partial charge in [-0.25, -0.2) is 0 Å². The molecule has 13 heavy (non-hydrogen) atoms. The zero-order chi connectivity index (χ0) is 9.42. The molecular formula is C12H16O. The van der Waals surface area contributed by atoms with Crippen molar-refractivity contribution in [2.24, 2.45) is 0 Å². The van der Waals surface area contributed by atoms with Crippen LogP contribution in [0, 0.1) is 13.8 Å². The fourth-order valence-electron chi connectivity index (χ4n) is 2.02. The van der Waals surface area contributed by atoms with Gasteiger partial charge in [0, 0.05) is 0 Å². The monoisotopic (exact) mass is 176 g/mol. The summed E-state index contributed by atoms with van der Waals surface area (Å²) in [5.74, 6) is 1.13. The van der Waals surface area contributed by atoms with Crippen LogP contribution >= 0.6 is 0 Å². The number of fused-ring (bicyclic) bond motifs is 1. The maximum absolute atomic E-state index is 5.82. The molecule has 1 heteroatoms. The molecule has 0 radical (unpaired) electrons. The van der Waals surface area contributed by atoms with Crippen LogP contribution in [0.25, 0.3) is 0 Å². The Morgan fingerprint density at radius 3 is 2.85 bits per heavy atom. The summed E-state index contributed by atoms with van der Waals surface area (Å²) >= 11 is 0. The molecule has 1 aromatic rings. The van der Waals surface area contributed by atoms with Gasteiger partial charge in [0.15, 0.2) is 0 Å². The molecule has 0 N–H and O–H groups in total. The summed E-state index contributed by atoms with van der Waals surface area (Å²) in [4.78, 5) is 0. The summed E-state index contributed by atoms with van der Waals surface area (Å²) in [5, 5.41) is 0. The Morgan fingerprint density at radius 2 is 2.08 bits per heavy atom. The standard InChI is InChI=1S/C12H16O/c1-8-6-9(2)12-11(7-8)5-4-10(3)13-12/h6-7,10H,4-5H2,1-3H3. The lowest BCUT2D eigenvalue weighted by atomic mass is 9.98. The van der Waals surface area contributed by atoms with E-state index in [-0.39, 0.29) is 0 Å². The van der Waals surface area contributed by atoms with Gasteiger partial charge < -0.3 is 4.74 Å². The molecule has 0 amide bonds. The second-order valence-corrected chi connectivity index (χ2v) is 4.04. The molecule has 1 aliphatic rings. The van der Waals surface area contributed by atoms with Crippen molar-refractivity contribution in [2.75, 3.05) is 0 Å². The molecular weight excluding hydrogens is 160 g/mol. The van der Waals surface area contributed by atoms with Crippen molar-refractivity contribution in [1.29, 1.82) is 0 Å². The Labute approximate surface area is 79.7 Å². The largest absolute Gasteiger partial charge is 0.490 e. The predicted octanol–water partition coefficient (Wildman–Crippen LogP) is 3.02. The van der Waals surface area contributed by atoms with E-state index in [0.717, 1.165) is 12.2 Å². The van der Waals surface area contributed by atoms with Gasteiger partial charge in [-0.15, -0.1) is 0 Å². The zero-order valence-corrected chi connectivity index (χ0v) is 8.55. The molecule has 0 aromatic heterocycles. The summed E-state index contributed by atoms with van der Waals surface area (Å²) in [7, 11) is 0. The summed E-state index contributed by atoms with van der Waals surface area (Å²) in [6, 6.07) is 4.44. The van der Waals surface area contributed by atoms with E-state index in [9.17, 15) is 0 Å². The molecule has 1 atom stereocenters. The van der Waals surface area contributed by atoms with E-state index in [1.54, 1.807) is 0 Å². The normalized spacial score (nSPS) is 20.7. The predicted molar refractivity (Wildman–Crippen MR) is 54.3 cm³/mol. The third-order valence-corrected chi connectivity index (χ3v) is 2.64. The van der Waals surface area contributed by atoms with E-state index in [2.05, 4.69) is 32.9 Å². The molecule has 1 aliphatic heterocycles. The minimum absolute atomic E-state index is 0.383. The molecule has 1 heterocycles. The van der Waals surface area contributed by atoms with Crippen LogP contribution in [0.5, 0.6) is 5.75 Å². The second kappa shape index (κ2) is 3.06. The molecule has 0 saturated carbocycles. The Kier molecular flexibility index (Phi) is 2.03. The molecule has 0 saturated heterocycles. The lowest BCUT2D eigenvalue weighted by Crippen LogP contribution is -2.19. The van der Waals surface area contributed by atoms with Gasteiger partial charge in [-0.05, 0) is 44.7 Å². The SMILES string of the molecule is Cc1cc(C)c2c(c1)CCC(C)O2. The van der Waals surface area contributed by atoms with Gasteiger partial charge >= 0.3 is 0 Å². The van der Waals surface area contributed by atoms with Crippen molar-refractivity contribution in [1.82, 2.24) is 0 Å². The van der Waals surface area contributed by atoms with Gasteiger partial charge in [-0.2, -0.15) is 0 Å². The van der Waals surface area contributed by atoms with Gasteiger partial charge in [0.2, 0.25) is 0 Å². The first kappa shape index (κ1) is 8.61. The van der Waals surface area contributed by atoms with Crippen molar-refractivity contribution in [3.05, 3.63) is 28.8 Å². The lowest BCUT2D eigenvalue weighted by molar-refractivity contribution is 0.191. The molecule has 0 aliphatic carbocycles. The molecule has 0 bridgehead atoms. The Bertz CT molecular complexity index is 328. The average Bonchev–Trinajstić information content (AvgIpc) is 2.06. The fourth-order valence-corrected chi connectivity index (χ4v) is 2.02. The van der Waals surface area contributed by atoms with Gasteiger partial charge in [0.05, 0.1) is 6.10 Å². The molecule has 1 unspecified atom stereocenters. The molecule has 0 fully saturated rings. The van der Waals surface area contributed by atoms with Crippen LogP contribution in [-0.2, 0) is 6.42 Å². The lowest BCUT2D eigenvalue weighted by Gasteiger charge is -2.25. The van der Waals surface area contributed by atoms with Crippen LogP contribution < -0.4 is 4.74 Å². The van der Waals surface area contributed by atoms with E-state index in [1.165, 1.54) is 23.1 Å². The first-order chi connectivity index (χ1) is 6.16. The van der Waals surface area contributed by atoms with Gasteiger partial charge in [0.1, 0.15) is 5.75 Å². The summed E-state index contributed by atoms with van der Waals surface area (Å²) in [5.41, 5.74) is 4.01. The number of ether oxygens (including phenoxy) is 1. The first-order valence-electron chi connectivity index (χ1n) is 4.93. The Morgan fingerprint density at radius 1 is 1.31 bits per heavy atom. The topological polar surface area (TPSA) is 9.23 Å². The molecule has 1 aromatic carbocycles. The Balaban J connectivity index is 2.47. The molecule has 2 rings (SSSR count). The minimum atomic E-state index is 0.383. The maximum Gasteiger partial charge on any atom is 0.125 e. The van der Waals surface area contributed by atoms with Crippen molar-refractivity contribution in [3.8, 4) is 5.75 Å². The van der Waals surface area contributed by atoms with E-state index in [0.29, 0.717) is 6.10 Å². The van der Waals surface area contributed by atoms with E-state index >= 15 is 0 Å². The average molecular weight is 176 g/mol. The fraction of sp³-hybridized carbons (Fsp3) is 0.500. The van der Waals surface area contributed by atoms with E-state index in [1.807, 2.05) is 0 Å². The smallest absolute Gasteiger partial charge is 0.125 e. The third kappa shape index (κ3) is 1.55. The van der Waals surface area contributed by atoms with Crippen LogP contribution in [0.1, 0.15) is 30.0 Å². The minimum Gasteiger partial charge on any atom is -0.490 e. The summed E-state index contributed by atoms with van der Waals surface area (Å²) in [6.45, 7) is 6.41. The number of hydrogen-bond acceptors (Lipinski definition) is 1.